The maximum absolute atomic E-state index is 11.9. The topological polar surface area (TPSA) is 33.2 Å². The summed E-state index contributed by atoms with van der Waals surface area (Å²) in [6.07, 6.45) is 3.70. The van der Waals surface area contributed by atoms with Crippen molar-refractivity contribution in [1.29, 1.82) is 0 Å². The number of hydrogen-bond acceptors (Lipinski definition) is 4. The van der Waals surface area contributed by atoms with Gasteiger partial charge in [-0.25, -0.2) is 0 Å². The highest BCUT2D eigenvalue weighted by Crippen LogP contribution is 2.25. The van der Waals surface area contributed by atoms with Crippen molar-refractivity contribution in [2.75, 3.05) is 18.0 Å². The van der Waals surface area contributed by atoms with Crippen molar-refractivity contribution >= 4 is 26.6 Å². The Morgan fingerprint density at radius 1 is 1.12 bits per heavy atom. The average molecular weight is 246 g/mol. The van der Waals surface area contributed by atoms with E-state index in [1.165, 1.54) is 19.3 Å². The molecule has 3 nitrogen and oxygen atoms in total. The number of rotatable bonds is 1. The maximum atomic E-state index is 11.9. The number of fused-ring (bicyclic) bond motifs is 1. The van der Waals surface area contributed by atoms with Gasteiger partial charge < -0.3 is 4.90 Å². The van der Waals surface area contributed by atoms with E-state index in [0.717, 1.165) is 28.3 Å². The van der Waals surface area contributed by atoms with Crippen molar-refractivity contribution in [2.24, 2.45) is 0 Å². The highest BCUT2D eigenvalue weighted by Gasteiger charge is 2.14. The molecule has 0 atom stereocenters. The summed E-state index contributed by atoms with van der Waals surface area (Å²) in [7, 11) is 0. The van der Waals surface area contributed by atoms with Crippen LogP contribution in [0.15, 0.2) is 29.1 Å². The summed E-state index contributed by atoms with van der Waals surface area (Å²) in [6.45, 7) is 2.06. The summed E-state index contributed by atoms with van der Waals surface area (Å²) < 4.78 is 1.04. The normalized spacial score (nSPS) is 16.4. The van der Waals surface area contributed by atoms with Crippen LogP contribution in [0.5, 0.6) is 0 Å². The molecule has 3 rings (SSSR count). The first kappa shape index (κ1) is 10.7. The van der Waals surface area contributed by atoms with Crippen LogP contribution in [-0.4, -0.2) is 18.1 Å². The highest BCUT2D eigenvalue weighted by atomic mass is 32.1. The van der Waals surface area contributed by atoms with E-state index in [1.807, 2.05) is 24.3 Å². The Kier molecular flexibility index (Phi) is 2.81. The van der Waals surface area contributed by atoms with Crippen LogP contribution < -0.4 is 10.5 Å². The van der Waals surface area contributed by atoms with Crippen molar-refractivity contribution in [3.63, 3.8) is 0 Å². The lowest BCUT2D eigenvalue weighted by Crippen LogP contribution is -2.30. The molecule has 17 heavy (non-hydrogen) atoms. The Balaban J connectivity index is 2.08. The largest absolute Gasteiger partial charge is 0.348 e. The first-order valence-electron chi connectivity index (χ1n) is 5.99. The first-order valence-corrected chi connectivity index (χ1v) is 6.81. The fourth-order valence-corrected chi connectivity index (χ4v) is 3.27. The Hall–Kier alpha value is -1.42. The van der Waals surface area contributed by atoms with Crippen molar-refractivity contribution in [1.82, 2.24) is 4.98 Å². The second kappa shape index (κ2) is 4.45. The van der Waals surface area contributed by atoms with E-state index in [2.05, 4.69) is 9.88 Å². The molecule has 2 heterocycles. The molecule has 0 radical (unpaired) electrons. The fraction of sp³-hybridized carbons (Fsp3) is 0.385. The Morgan fingerprint density at radius 2 is 1.88 bits per heavy atom. The zero-order chi connectivity index (χ0) is 11.7. The minimum Gasteiger partial charge on any atom is -0.348 e. The van der Waals surface area contributed by atoms with Gasteiger partial charge in [-0.15, -0.1) is 0 Å². The molecule has 0 N–H and O–H groups in total. The van der Waals surface area contributed by atoms with Crippen molar-refractivity contribution < 1.29 is 0 Å². The van der Waals surface area contributed by atoms with Gasteiger partial charge in [0.05, 0.1) is 5.39 Å². The van der Waals surface area contributed by atoms with Gasteiger partial charge in [-0.1, -0.05) is 23.5 Å². The van der Waals surface area contributed by atoms with E-state index in [-0.39, 0.29) is 5.56 Å². The van der Waals surface area contributed by atoms with E-state index in [9.17, 15) is 4.79 Å². The Bertz CT molecular complexity index is 587. The third-order valence-corrected chi connectivity index (χ3v) is 4.25. The molecular formula is C13H14N2OS. The quantitative estimate of drug-likeness (QED) is 0.775. The average Bonchev–Trinajstić information content (AvgIpc) is 2.40. The van der Waals surface area contributed by atoms with Gasteiger partial charge in [-0.3, -0.25) is 4.79 Å². The monoisotopic (exact) mass is 246 g/mol. The van der Waals surface area contributed by atoms with Crippen molar-refractivity contribution in [2.45, 2.75) is 19.3 Å². The third-order valence-electron chi connectivity index (χ3n) is 3.14. The van der Waals surface area contributed by atoms with Crippen LogP contribution in [0.3, 0.4) is 0 Å². The number of anilines is 1. The Morgan fingerprint density at radius 3 is 2.71 bits per heavy atom. The number of nitrogens with zero attached hydrogens (tertiary/aromatic N) is 2. The van der Waals surface area contributed by atoms with Crippen molar-refractivity contribution in [3.05, 3.63) is 34.6 Å². The summed E-state index contributed by atoms with van der Waals surface area (Å²) in [5, 5.41) is 1.62. The van der Waals surface area contributed by atoms with Gasteiger partial charge in [0.1, 0.15) is 0 Å². The van der Waals surface area contributed by atoms with E-state index in [4.69, 9.17) is 0 Å². The highest BCUT2D eigenvalue weighted by molar-refractivity contribution is 7.21. The summed E-state index contributed by atoms with van der Waals surface area (Å²) >= 11 is 1.62. The maximum Gasteiger partial charge on any atom is 0.281 e. The minimum absolute atomic E-state index is 0.0973. The predicted octanol–water partition coefficient (Wildman–Crippen LogP) is 2.65. The molecule has 0 saturated carbocycles. The van der Waals surface area contributed by atoms with E-state index >= 15 is 0 Å². The van der Waals surface area contributed by atoms with E-state index in [1.54, 1.807) is 11.3 Å². The number of hydrogen-bond donors (Lipinski definition) is 0. The summed E-state index contributed by atoms with van der Waals surface area (Å²) in [6, 6.07) is 7.70. The lowest BCUT2D eigenvalue weighted by molar-refractivity contribution is 0.576. The van der Waals surface area contributed by atoms with Crippen LogP contribution in [0.1, 0.15) is 19.3 Å². The van der Waals surface area contributed by atoms with Crippen LogP contribution in [-0.2, 0) is 0 Å². The molecule has 0 spiro atoms. The van der Waals surface area contributed by atoms with Crippen LogP contribution in [0, 0.1) is 0 Å². The van der Waals surface area contributed by atoms with Gasteiger partial charge in [0.25, 0.3) is 5.56 Å². The summed E-state index contributed by atoms with van der Waals surface area (Å²) in [5.41, 5.74) is -0.0973. The summed E-state index contributed by atoms with van der Waals surface area (Å²) in [4.78, 5) is 18.4. The third kappa shape index (κ3) is 2.05. The first-order chi connectivity index (χ1) is 8.34. The second-order valence-corrected chi connectivity index (χ2v) is 5.35. The molecule has 88 valence electrons. The Labute approximate surface area is 104 Å². The molecule has 1 aromatic heterocycles. The molecule has 1 saturated heterocycles. The molecule has 1 fully saturated rings. The van der Waals surface area contributed by atoms with Gasteiger partial charge in [0.15, 0.2) is 5.13 Å². The van der Waals surface area contributed by atoms with E-state index in [0.29, 0.717) is 0 Å². The smallest absolute Gasteiger partial charge is 0.281 e. The lowest BCUT2D eigenvalue weighted by atomic mass is 10.1. The van der Waals surface area contributed by atoms with Crippen LogP contribution in [0.25, 0.3) is 10.1 Å². The van der Waals surface area contributed by atoms with Gasteiger partial charge in [-0.05, 0) is 31.4 Å². The van der Waals surface area contributed by atoms with Gasteiger partial charge in [0, 0.05) is 17.8 Å². The van der Waals surface area contributed by atoms with Gasteiger partial charge in [0.2, 0.25) is 0 Å². The molecule has 0 unspecified atom stereocenters. The van der Waals surface area contributed by atoms with Crippen LogP contribution >= 0.6 is 11.3 Å². The molecule has 1 aliphatic heterocycles. The molecule has 0 bridgehead atoms. The van der Waals surface area contributed by atoms with Gasteiger partial charge in [-0.2, -0.15) is 4.98 Å². The van der Waals surface area contributed by atoms with E-state index < -0.39 is 0 Å². The molecule has 4 heteroatoms. The van der Waals surface area contributed by atoms with Gasteiger partial charge >= 0.3 is 0 Å². The molecule has 2 aromatic rings. The second-order valence-electron chi connectivity index (χ2n) is 4.35. The number of benzene rings is 1. The number of aromatic nitrogens is 1. The molecule has 1 aromatic carbocycles. The molecule has 1 aliphatic rings. The SMILES string of the molecule is O=c1nc(N2CCCCC2)sc2ccccc12. The fourth-order valence-electron chi connectivity index (χ4n) is 2.22. The lowest BCUT2D eigenvalue weighted by Gasteiger charge is -2.26. The molecule has 0 amide bonds. The standard InChI is InChI=1S/C13H14N2OS/c16-12-10-6-2-3-7-11(10)17-13(14-12)15-8-4-1-5-9-15/h2-3,6-7H,1,4-5,8-9H2. The predicted molar refractivity (Wildman–Crippen MR) is 72.0 cm³/mol. The summed E-state index contributed by atoms with van der Waals surface area (Å²) in [5.74, 6) is 0. The van der Waals surface area contributed by atoms with Crippen LogP contribution in [0.4, 0.5) is 5.13 Å². The van der Waals surface area contributed by atoms with Crippen molar-refractivity contribution in [3.8, 4) is 0 Å². The molecule has 0 aliphatic carbocycles. The zero-order valence-corrected chi connectivity index (χ0v) is 10.4. The number of piperidine rings is 1. The zero-order valence-electron chi connectivity index (χ0n) is 9.56. The van der Waals surface area contributed by atoms with Crippen LogP contribution in [0.2, 0.25) is 0 Å². The molecular weight excluding hydrogens is 232 g/mol. The minimum atomic E-state index is -0.0973.